The van der Waals surface area contributed by atoms with Crippen LogP contribution in [0, 0.1) is 5.92 Å². The molecule has 0 rings (SSSR count). The molecule has 0 atom stereocenters. The van der Waals surface area contributed by atoms with Crippen molar-refractivity contribution in [1.29, 1.82) is 0 Å². The Kier molecular flexibility index (Phi) is 4.68. The Bertz CT molecular complexity index is 182. The molecule has 0 saturated heterocycles. The molecule has 0 spiro atoms. The first-order chi connectivity index (χ1) is 4.92. The average Bonchev–Trinajstić information content (AvgIpc) is 1.78. The van der Waals surface area contributed by atoms with Gasteiger partial charge in [0, 0.05) is 5.75 Å². The Hall–Kier alpha value is -0.0900. The van der Waals surface area contributed by atoms with Gasteiger partial charge in [0.15, 0.2) is 0 Å². The van der Waals surface area contributed by atoms with Crippen LogP contribution < -0.4 is 0 Å². The molecule has 0 saturated carbocycles. The fourth-order valence-corrected chi connectivity index (χ4v) is 1.39. The van der Waals surface area contributed by atoms with Gasteiger partial charge < -0.3 is 4.55 Å². The van der Waals surface area contributed by atoms with Crippen molar-refractivity contribution < 1.29 is 13.0 Å². The fourth-order valence-electron chi connectivity index (χ4n) is 0.831. The van der Waals surface area contributed by atoms with Crippen LogP contribution in [0.1, 0.15) is 33.1 Å². The van der Waals surface area contributed by atoms with Gasteiger partial charge in [0.1, 0.15) is 0 Å². The van der Waals surface area contributed by atoms with Gasteiger partial charge in [-0.2, -0.15) is 0 Å². The van der Waals surface area contributed by atoms with Crippen molar-refractivity contribution in [3.05, 3.63) is 0 Å². The number of rotatable bonds is 5. The summed E-state index contributed by atoms with van der Waals surface area (Å²) in [4.78, 5) is 0. The first-order valence-corrected chi connectivity index (χ1v) is 5.43. The summed E-state index contributed by atoms with van der Waals surface area (Å²) in [7, 11) is -3.97. The van der Waals surface area contributed by atoms with Crippen molar-refractivity contribution >= 4 is 10.1 Å². The summed E-state index contributed by atoms with van der Waals surface area (Å²) < 4.78 is 30.4. The Morgan fingerprint density at radius 3 is 2.18 bits per heavy atom. The molecule has 0 unspecified atom stereocenters. The van der Waals surface area contributed by atoms with Gasteiger partial charge in [-0.05, 0) is 12.3 Å². The molecule has 4 heteroatoms. The van der Waals surface area contributed by atoms with Crippen LogP contribution in [0.15, 0.2) is 0 Å². The van der Waals surface area contributed by atoms with Gasteiger partial charge in [0.25, 0.3) is 0 Å². The van der Waals surface area contributed by atoms with Gasteiger partial charge in [-0.25, -0.2) is 8.42 Å². The highest BCUT2D eigenvalue weighted by Gasteiger charge is 1.97. The lowest BCUT2D eigenvalue weighted by atomic mass is 10.1. The van der Waals surface area contributed by atoms with Gasteiger partial charge in [-0.1, -0.05) is 26.7 Å². The van der Waals surface area contributed by atoms with E-state index in [9.17, 15) is 13.0 Å². The van der Waals surface area contributed by atoms with Crippen molar-refractivity contribution in [3.63, 3.8) is 0 Å². The molecule has 0 aliphatic rings. The second-order valence-electron chi connectivity index (χ2n) is 3.15. The molecule has 0 N–H and O–H groups in total. The van der Waals surface area contributed by atoms with E-state index in [-0.39, 0.29) is 5.75 Å². The topological polar surface area (TPSA) is 57.2 Å². The van der Waals surface area contributed by atoms with Crippen LogP contribution in [0.25, 0.3) is 0 Å². The van der Waals surface area contributed by atoms with Gasteiger partial charge >= 0.3 is 0 Å². The van der Waals surface area contributed by atoms with Crippen LogP contribution >= 0.6 is 0 Å². The largest absolute Gasteiger partial charge is 0.748 e. The number of hydrogen-bond acceptors (Lipinski definition) is 3. The van der Waals surface area contributed by atoms with E-state index in [1.165, 1.54) is 0 Å². The van der Waals surface area contributed by atoms with E-state index in [1.54, 1.807) is 0 Å². The molecule has 0 radical (unpaired) electrons. The third-order valence-corrected chi connectivity index (χ3v) is 2.21. The summed E-state index contributed by atoms with van der Waals surface area (Å²) >= 11 is 0. The molecule has 0 amide bonds. The fraction of sp³-hybridized carbons (Fsp3) is 1.00. The van der Waals surface area contributed by atoms with E-state index in [1.807, 2.05) is 0 Å². The Labute approximate surface area is 68.6 Å². The summed E-state index contributed by atoms with van der Waals surface area (Å²) in [6.45, 7) is 4.15. The molecule has 0 fully saturated rings. The molecule has 0 aliphatic carbocycles. The maximum absolute atomic E-state index is 10.1. The molecule has 0 aromatic carbocycles. The van der Waals surface area contributed by atoms with Gasteiger partial charge in [0.05, 0.1) is 10.1 Å². The molecule has 0 aliphatic heterocycles. The molecular weight excluding hydrogens is 164 g/mol. The average molecular weight is 179 g/mol. The van der Waals surface area contributed by atoms with E-state index < -0.39 is 10.1 Å². The Morgan fingerprint density at radius 2 is 1.82 bits per heavy atom. The van der Waals surface area contributed by atoms with Crippen molar-refractivity contribution in [3.8, 4) is 0 Å². The molecule has 3 nitrogen and oxygen atoms in total. The summed E-state index contributed by atoms with van der Waals surface area (Å²) in [6, 6.07) is 0. The minimum absolute atomic E-state index is 0.209. The first-order valence-electron chi connectivity index (χ1n) is 3.85. The second-order valence-corrected chi connectivity index (χ2v) is 4.68. The van der Waals surface area contributed by atoms with Crippen molar-refractivity contribution in [2.45, 2.75) is 33.1 Å². The maximum Gasteiger partial charge on any atom is 0.0945 e. The van der Waals surface area contributed by atoms with Crippen LogP contribution in [0.3, 0.4) is 0 Å². The van der Waals surface area contributed by atoms with Gasteiger partial charge in [0.2, 0.25) is 0 Å². The van der Waals surface area contributed by atoms with Crippen LogP contribution in [0.4, 0.5) is 0 Å². The lowest BCUT2D eigenvalue weighted by Crippen LogP contribution is -2.04. The van der Waals surface area contributed by atoms with E-state index in [0.29, 0.717) is 12.3 Å². The molecule has 0 aromatic rings. The Morgan fingerprint density at radius 1 is 1.27 bits per heavy atom. The van der Waals surface area contributed by atoms with Crippen LogP contribution in [0.5, 0.6) is 0 Å². The highest BCUT2D eigenvalue weighted by atomic mass is 32.2. The highest BCUT2D eigenvalue weighted by Crippen LogP contribution is 2.06. The zero-order chi connectivity index (χ0) is 8.91. The summed E-state index contributed by atoms with van der Waals surface area (Å²) in [6.07, 6.45) is 2.33. The summed E-state index contributed by atoms with van der Waals surface area (Å²) in [5.41, 5.74) is 0. The van der Waals surface area contributed by atoms with E-state index in [0.717, 1.165) is 12.8 Å². The minimum atomic E-state index is -3.97. The van der Waals surface area contributed by atoms with Gasteiger partial charge in [-0.3, -0.25) is 0 Å². The van der Waals surface area contributed by atoms with Crippen molar-refractivity contribution in [2.75, 3.05) is 5.75 Å². The van der Waals surface area contributed by atoms with E-state index in [2.05, 4.69) is 13.8 Å². The highest BCUT2D eigenvalue weighted by molar-refractivity contribution is 7.85. The third kappa shape index (κ3) is 9.91. The zero-order valence-corrected chi connectivity index (χ0v) is 7.86. The molecule has 68 valence electrons. The normalized spacial score (nSPS) is 12.4. The number of unbranched alkanes of at least 4 members (excludes halogenated alkanes) is 1. The van der Waals surface area contributed by atoms with E-state index >= 15 is 0 Å². The lowest BCUT2D eigenvalue weighted by Gasteiger charge is -2.06. The first kappa shape index (κ1) is 10.9. The molecular formula is C7H15O3S-. The van der Waals surface area contributed by atoms with Crippen molar-refractivity contribution in [1.82, 2.24) is 0 Å². The zero-order valence-electron chi connectivity index (χ0n) is 7.04. The summed E-state index contributed by atoms with van der Waals surface area (Å²) in [5, 5.41) is 0. The monoisotopic (exact) mass is 179 g/mol. The van der Waals surface area contributed by atoms with Crippen LogP contribution in [0.2, 0.25) is 0 Å². The predicted octanol–water partition coefficient (Wildman–Crippen LogP) is 1.36. The van der Waals surface area contributed by atoms with Crippen LogP contribution in [-0.2, 0) is 10.1 Å². The van der Waals surface area contributed by atoms with Crippen molar-refractivity contribution in [2.24, 2.45) is 5.92 Å². The smallest absolute Gasteiger partial charge is 0.0945 e. The molecule has 0 heterocycles. The SMILES string of the molecule is CC(C)CCCCS(=O)(=O)[O-]. The third-order valence-electron chi connectivity index (χ3n) is 1.43. The van der Waals surface area contributed by atoms with E-state index in [4.69, 9.17) is 0 Å². The molecule has 11 heavy (non-hydrogen) atoms. The lowest BCUT2D eigenvalue weighted by molar-refractivity contribution is 0.457. The molecule has 0 aromatic heterocycles. The predicted molar refractivity (Wildman–Crippen MR) is 43.3 cm³/mol. The minimum Gasteiger partial charge on any atom is -0.748 e. The summed E-state index contributed by atoms with van der Waals surface area (Å²) in [5.74, 6) is 0.379. The quantitative estimate of drug-likeness (QED) is 0.473. The Balaban J connectivity index is 3.30. The molecule has 0 bridgehead atoms. The standard InChI is InChI=1S/C7H16O3S/c1-7(2)5-3-4-6-11(8,9)10/h7H,3-6H2,1-2H3,(H,8,9,10)/p-1. The van der Waals surface area contributed by atoms with Crippen LogP contribution in [-0.4, -0.2) is 18.7 Å². The van der Waals surface area contributed by atoms with Gasteiger partial charge in [-0.15, -0.1) is 0 Å². The maximum atomic E-state index is 10.1. The number of hydrogen-bond donors (Lipinski definition) is 0. The second kappa shape index (κ2) is 4.72.